The molecule has 2 aromatic carbocycles. The van der Waals surface area contributed by atoms with Crippen LogP contribution in [0.3, 0.4) is 0 Å². The van der Waals surface area contributed by atoms with Crippen molar-refractivity contribution in [2.24, 2.45) is 0 Å². The number of thiazole rings is 1. The van der Waals surface area contributed by atoms with Crippen LogP contribution in [0.1, 0.15) is 20.9 Å². The van der Waals surface area contributed by atoms with E-state index in [0.717, 1.165) is 27.5 Å². The van der Waals surface area contributed by atoms with Crippen molar-refractivity contribution in [3.8, 4) is 0 Å². The molecule has 4 rings (SSSR count). The second kappa shape index (κ2) is 8.84. The number of halogens is 1. The fourth-order valence-electron chi connectivity index (χ4n) is 3.47. The van der Waals surface area contributed by atoms with Gasteiger partial charge >= 0.3 is 0 Å². The van der Waals surface area contributed by atoms with Crippen LogP contribution in [0.2, 0.25) is 5.02 Å². The number of carbonyl (C=O) groups is 1. The van der Waals surface area contributed by atoms with E-state index in [-0.39, 0.29) is 21.4 Å². The first kappa shape index (κ1) is 24.5. The zero-order chi connectivity index (χ0) is 24.8. The van der Waals surface area contributed by atoms with Gasteiger partial charge in [-0.2, -0.15) is 0 Å². The Labute approximate surface area is 207 Å². The number of hydrogen-bond acceptors (Lipinski definition) is 7. The fraction of sp³-hybridized carbons (Fsp3) is 0.238. The van der Waals surface area contributed by atoms with Crippen molar-refractivity contribution in [1.29, 1.82) is 0 Å². The van der Waals surface area contributed by atoms with Crippen molar-refractivity contribution in [2.45, 2.75) is 18.2 Å². The lowest BCUT2D eigenvalue weighted by Gasteiger charge is -2.20. The van der Waals surface area contributed by atoms with Gasteiger partial charge in [0.15, 0.2) is 5.13 Å². The van der Waals surface area contributed by atoms with Crippen molar-refractivity contribution < 1.29 is 21.6 Å². The van der Waals surface area contributed by atoms with Gasteiger partial charge in [0.25, 0.3) is 15.9 Å². The third-order valence-corrected chi connectivity index (χ3v) is 9.95. The van der Waals surface area contributed by atoms with E-state index in [4.69, 9.17) is 11.6 Å². The van der Waals surface area contributed by atoms with Gasteiger partial charge in [0.05, 0.1) is 22.5 Å². The maximum atomic E-state index is 13.2. The summed E-state index contributed by atoms with van der Waals surface area (Å²) in [4.78, 5) is 17.5. The van der Waals surface area contributed by atoms with Gasteiger partial charge in [-0.3, -0.25) is 9.10 Å². The minimum Gasteiger partial charge on any atom is -0.321 e. The molecule has 0 saturated carbocycles. The number of aromatic nitrogens is 1. The average molecular weight is 541 g/mol. The summed E-state index contributed by atoms with van der Waals surface area (Å²) >= 11 is 6.85. The second-order valence-corrected chi connectivity index (χ2v) is 13.0. The molecule has 34 heavy (non-hydrogen) atoms. The number of benzene rings is 2. The number of fused-ring (bicyclic) bond motifs is 1. The molecule has 1 aliphatic rings. The normalized spacial score (nSPS) is 13.6. The van der Waals surface area contributed by atoms with Crippen molar-refractivity contribution in [1.82, 2.24) is 4.98 Å². The van der Waals surface area contributed by atoms with E-state index in [1.165, 1.54) is 35.6 Å². The van der Waals surface area contributed by atoms with E-state index in [2.05, 4.69) is 10.3 Å². The van der Waals surface area contributed by atoms with E-state index in [0.29, 0.717) is 28.5 Å². The van der Waals surface area contributed by atoms with Crippen molar-refractivity contribution >= 4 is 65.4 Å². The Bertz CT molecular complexity index is 1490. The number of aryl methyl sites for hydroxylation is 1. The average Bonchev–Trinajstić information content (AvgIpc) is 3.36. The van der Waals surface area contributed by atoms with Crippen LogP contribution < -0.4 is 13.9 Å². The number of hydrogen-bond donors (Lipinski definition) is 1. The molecule has 1 aliphatic heterocycles. The lowest BCUT2D eigenvalue weighted by molar-refractivity contribution is 0.103. The first-order valence-electron chi connectivity index (χ1n) is 10.0. The summed E-state index contributed by atoms with van der Waals surface area (Å²) < 4.78 is 52.3. The van der Waals surface area contributed by atoms with Gasteiger partial charge in [-0.05, 0) is 55.3 Å². The van der Waals surface area contributed by atoms with Crippen molar-refractivity contribution in [2.75, 3.05) is 33.8 Å². The van der Waals surface area contributed by atoms with E-state index in [1.54, 1.807) is 25.1 Å². The molecule has 0 saturated heterocycles. The predicted molar refractivity (Wildman–Crippen MR) is 134 cm³/mol. The lowest BCUT2D eigenvalue weighted by Crippen LogP contribution is -2.29. The second-order valence-electron chi connectivity index (χ2n) is 7.72. The number of sulfonamides is 2. The molecule has 3 aromatic rings. The zero-order valence-corrected chi connectivity index (χ0v) is 21.6. The molecular weight excluding hydrogens is 520 g/mol. The Morgan fingerprint density at radius 3 is 2.47 bits per heavy atom. The molecule has 0 fully saturated rings. The highest BCUT2D eigenvalue weighted by molar-refractivity contribution is 7.93. The van der Waals surface area contributed by atoms with E-state index in [9.17, 15) is 21.6 Å². The van der Waals surface area contributed by atoms with Crippen LogP contribution in [0.15, 0.2) is 47.4 Å². The van der Waals surface area contributed by atoms with Gasteiger partial charge < -0.3 is 5.32 Å². The first-order chi connectivity index (χ1) is 15.9. The summed E-state index contributed by atoms with van der Waals surface area (Å²) in [5.74, 6) is -0.465. The highest BCUT2D eigenvalue weighted by Crippen LogP contribution is 2.36. The summed E-state index contributed by atoms with van der Waals surface area (Å²) in [5.41, 5.74) is 2.14. The Morgan fingerprint density at radius 2 is 1.82 bits per heavy atom. The van der Waals surface area contributed by atoms with Crippen LogP contribution in [0, 0.1) is 6.92 Å². The number of anilines is 3. The fourth-order valence-corrected chi connectivity index (χ4v) is 6.76. The van der Waals surface area contributed by atoms with Crippen LogP contribution in [0.25, 0.3) is 0 Å². The summed E-state index contributed by atoms with van der Waals surface area (Å²) in [6.45, 7) is 1.90. The number of carbonyl (C=O) groups excluding carboxylic acids is 1. The van der Waals surface area contributed by atoms with E-state index >= 15 is 0 Å². The molecule has 0 atom stereocenters. The first-order valence-corrected chi connectivity index (χ1v) is 14.5. The standard InChI is InChI=1S/C21H21ClN4O5S3/c1-13-19(32-21(23-13)25(2)33(3,28)29)20(27)24-16-7-4-14-10-11-26(18(14)12-16)34(30,31)17-8-5-15(22)6-9-17/h4-9,12H,10-11H2,1-3H3,(H,24,27). The van der Waals surface area contributed by atoms with Crippen molar-refractivity contribution in [3.63, 3.8) is 0 Å². The monoisotopic (exact) mass is 540 g/mol. The van der Waals surface area contributed by atoms with Crippen LogP contribution in [-0.4, -0.2) is 47.6 Å². The molecule has 0 radical (unpaired) electrons. The van der Waals surface area contributed by atoms with E-state index < -0.39 is 26.0 Å². The van der Waals surface area contributed by atoms with Gasteiger partial charge in [0.2, 0.25) is 10.0 Å². The molecule has 9 nitrogen and oxygen atoms in total. The smallest absolute Gasteiger partial charge is 0.267 e. The molecule has 13 heteroatoms. The minimum atomic E-state index is -3.80. The Kier molecular flexibility index (Phi) is 6.36. The molecule has 180 valence electrons. The van der Waals surface area contributed by atoms with Gasteiger partial charge in [0, 0.05) is 24.3 Å². The van der Waals surface area contributed by atoms with Crippen LogP contribution in [0.5, 0.6) is 0 Å². The maximum absolute atomic E-state index is 13.2. The van der Waals surface area contributed by atoms with Crippen molar-refractivity contribution in [3.05, 3.63) is 63.6 Å². The maximum Gasteiger partial charge on any atom is 0.267 e. The van der Waals surface area contributed by atoms with Gasteiger partial charge in [-0.25, -0.2) is 26.1 Å². The SMILES string of the molecule is Cc1nc(N(C)S(C)(=O)=O)sc1C(=O)Nc1ccc2c(c1)N(S(=O)(=O)c1ccc(Cl)cc1)CC2. The largest absolute Gasteiger partial charge is 0.321 e. The molecule has 0 spiro atoms. The van der Waals surface area contributed by atoms with Crippen LogP contribution in [-0.2, 0) is 26.5 Å². The Morgan fingerprint density at radius 1 is 1.15 bits per heavy atom. The van der Waals surface area contributed by atoms with Gasteiger partial charge in [0.1, 0.15) is 4.88 Å². The quantitative estimate of drug-likeness (QED) is 0.511. The minimum absolute atomic E-state index is 0.127. The van der Waals surface area contributed by atoms with Crippen LogP contribution in [0.4, 0.5) is 16.5 Å². The molecule has 1 aromatic heterocycles. The summed E-state index contributed by atoms with van der Waals surface area (Å²) in [5, 5.41) is 3.38. The zero-order valence-electron chi connectivity index (χ0n) is 18.4. The Hall–Kier alpha value is -2.67. The number of rotatable bonds is 6. The summed E-state index contributed by atoms with van der Waals surface area (Å²) in [6, 6.07) is 11.1. The van der Waals surface area contributed by atoms with E-state index in [1.807, 2.05) is 0 Å². The third-order valence-electron chi connectivity index (χ3n) is 5.36. The van der Waals surface area contributed by atoms with Gasteiger partial charge in [-0.1, -0.05) is 29.0 Å². The molecule has 0 unspecified atom stereocenters. The predicted octanol–water partition coefficient (Wildman–Crippen LogP) is 3.50. The summed E-state index contributed by atoms with van der Waals surface area (Å²) in [7, 11) is -5.95. The number of amides is 1. The molecule has 2 heterocycles. The molecular formula is C21H21ClN4O5S3. The lowest BCUT2D eigenvalue weighted by atomic mass is 10.1. The topological polar surface area (TPSA) is 117 Å². The number of nitrogens with zero attached hydrogens (tertiary/aromatic N) is 3. The van der Waals surface area contributed by atoms with Gasteiger partial charge in [-0.15, -0.1) is 0 Å². The number of nitrogens with one attached hydrogen (secondary N) is 1. The molecule has 1 amide bonds. The molecule has 0 bridgehead atoms. The Balaban J connectivity index is 1.60. The highest BCUT2D eigenvalue weighted by atomic mass is 35.5. The molecule has 0 aliphatic carbocycles. The summed E-state index contributed by atoms with van der Waals surface area (Å²) in [6.07, 6.45) is 1.60. The highest BCUT2D eigenvalue weighted by Gasteiger charge is 2.31. The molecule has 1 N–H and O–H groups in total. The third kappa shape index (κ3) is 4.63. The van der Waals surface area contributed by atoms with Crippen LogP contribution >= 0.6 is 22.9 Å².